The van der Waals surface area contributed by atoms with Crippen LogP contribution in [0.15, 0.2) is 96.2 Å². The maximum atomic E-state index is 12.7. The van der Waals surface area contributed by atoms with Crippen molar-refractivity contribution in [2.75, 3.05) is 28.7 Å². The molecule has 13 heteroatoms. The Morgan fingerprint density at radius 1 is 1.00 bits per heavy atom. The summed E-state index contributed by atoms with van der Waals surface area (Å²) < 4.78 is 7.14. The molecule has 0 aliphatic heterocycles. The van der Waals surface area contributed by atoms with Crippen molar-refractivity contribution < 1.29 is 19.4 Å². The third kappa shape index (κ3) is 9.63. The standard InChI is InChI=1S/C37H43N9O4/c1-3-4-5-10-23-50-37(49)44-35(38)26-13-16-28(17-14-26)41-25-33-42-29-24-27(15-18-30(29)45(33)2)36(48)46(32-12-7-9-21-40-32)22-19-34(47)43-31-11-6-8-20-39-31/h6-9,11-18,20-21,24,36,41,48H,3-5,10,19,22-23,25H2,1-2H3,(H2,38,44,49)(H,39,43,47). The predicted octanol–water partition coefficient (Wildman–Crippen LogP) is 5.92. The Hall–Kier alpha value is -5.82. The molecule has 3 heterocycles. The first kappa shape index (κ1) is 35.5. The molecule has 2 amide bonds. The Labute approximate surface area is 291 Å². The minimum atomic E-state index is -1.08. The molecule has 260 valence electrons. The molecule has 5 aromatic rings. The van der Waals surface area contributed by atoms with Gasteiger partial charge in [0.05, 0.1) is 24.2 Å². The van der Waals surface area contributed by atoms with Crippen molar-refractivity contribution in [1.29, 1.82) is 0 Å². The highest BCUT2D eigenvalue weighted by Crippen LogP contribution is 2.27. The van der Waals surface area contributed by atoms with Crippen molar-refractivity contribution in [2.45, 2.75) is 51.8 Å². The second-order valence-corrected chi connectivity index (χ2v) is 11.7. The zero-order valence-electron chi connectivity index (χ0n) is 28.3. The number of amides is 2. The first-order valence-electron chi connectivity index (χ1n) is 16.7. The lowest BCUT2D eigenvalue weighted by atomic mass is 10.1. The van der Waals surface area contributed by atoms with Gasteiger partial charge in [0.2, 0.25) is 5.91 Å². The minimum Gasteiger partial charge on any atom is -0.448 e. The average Bonchev–Trinajstić information content (AvgIpc) is 3.45. The predicted molar refractivity (Wildman–Crippen MR) is 195 cm³/mol. The van der Waals surface area contributed by atoms with Crippen LogP contribution in [0.5, 0.6) is 0 Å². The summed E-state index contributed by atoms with van der Waals surface area (Å²) in [5.41, 5.74) is 9.71. The van der Waals surface area contributed by atoms with Crippen molar-refractivity contribution in [3.05, 3.63) is 108 Å². The lowest BCUT2D eigenvalue weighted by Gasteiger charge is -2.29. The number of carbonyl (C=O) groups excluding carboxylic acids is 2. The molecule has 5 rings (SSSR count). The lowest BCUT2D eigenvalue weighted by molar-refractivity contribution is -0.116. The topological polar surface area (TPSA) is 173 Å². The number of aryl methyl sites for hydroxylation is 1. The summed E-state index contributed by atoms with van der Waals surface area (Å²) in [6, 6.07) is 23.6. The normalized spacial score (nSPS) is 12.0. The van der Waals surface area contributed by atoms with Gasteiger partial charge in [-0.2, -0.15) is 4.99 Å². The number of benzene rings is 2. The second kappa shape index (κ2) is 17.5. The fourth-order valence-corrected chi connectivity index (χ4v) is 5.34. The Kier molecular flexibility index (Phi) is 12.4. The summed E-state index contributed by atoms with van der Waals surface area (Å²) in [6.07, 6.45) is 5.64. The van der Waals surface area contributed by atoms with E-state index in [1.54, 1.807) is 59.8 Å². The number of amidine groups is 1. The molecule has 0 spiro atoms. The molecule has 5 N–H and O–H groups in total. The molecular formula is C37H43N9O4. The van der Waals surface area contributed by atoms with Crippen LogP contribution in [0.1, 0.15) is 62.2 Å². The number of nitrogens with one attached hydrogen (secondary N) is 2. The van der Waals surface area contributed by atoms with Crippen LogP contribution in [0.25, 0.3) is 11.0 Å². The van der Waals surface area contributed by atoms with Crippen LogP contribution in [-0.2, 0) is 23.1 Å². The number of anilines is 3. The van der Waals surface area contributed by atoms with E-state index in [0.717, 1.165) is 42.7 Å². The Morgan fingerprint density at radius 3 is 2.50 bits per heavy atom. The summed E-state index contributed by atoms with van der Waals surface area (Å²) in [5, 5.41) is 17.7. The number of nitrogens with two attached hydrogens (primary N) is 1. The minimum absolute atomic E-state index is 0.0952. The number of imidazole rings is 1. The number of rotatable bonds is 16. The molecule has 50 heavy (non-hydrogen) atoms. The number of aliphatic hydroxyl groups is 1. The second-order valence-electron chi connectivity index (χ2n) is 11.7. The molecule has 13 nitrogen and oxygen atoms in total. The van der Waals surface area contributed by atoms with E-state index in [-0.39, 0.29) is 24.7 Å². The number of fused-ring (bicyclic) bond motifs is 1. The molecule has 1 unspecified atom stereocenters. The Balaban J connectivity index is 1.22. The van der Waals surface area contributed by atoms with Crippen LogP contribution in [0.2, 0.25) is 0 Å². The Bertz CT molecular complexity index is 1880. The van der Waals surface area contributed by atoms with Crippen LogP contribution in [-0.4, -0.2) is 55.6 Å². The third-order valence-electron chi connectivity index (χ3n) is 8.11. The number of nitrogens with zero attached hydrogens (tertiary/aromatic N) is 6. The molecule has 0 aliphatic rings. The van der Waals surface area contributed by atoms with Gasteiger partial charge in [0.15, 0.2) is 6.23 Å². The van der Waals surface area contributed by atoms with Gasteiger partial charge in [-0.15, -0.1) is 0 Å². The van der Waals surface area contributed by atoms with E-state index >= 15 is 0 Å². The Morgan fingerprint density at radius 2 is 1.78 bits per heavy atom. The van der Waals surface area contributed by atoms with Crippen LogP contribution in [0, 0.1) is 0 Å². The number of carbonyl (C=O) groups is 2. The molecule has 0 saturated heterocycles. The highest BCUT2D eigenvalue weighted by molar-refractivity contribution is 6.02. The van der Waals surface area contributed by atoms with E-state index < -0.39 is 12.3 Å². The molecule has 0 aliphatic carbocycles. The van der Waals surface area contributed by atoms with Crippen molar-refractivity contribution in [2.24, 2.45) is 17.8 Å². The van der Waals surface area contributed by atoms with Gasteiger partial charge in [0, 0.05) is 49.2 Å². The van der Waals surface area contributed by atoms with E-state index in [2.05, 4.69) is 32.5 Å². The summed E-state index contributed by atoms with van der Waals surface area (Å²) in [5.74, 6) is 1.65. The van der Waals surface area contributed by atoms with Crippen LogP contribution in [0.3, 0.4) is 0 Å². The molecular weight excluding hydrogens is 634 g/mol. The van der Waals surface area contributed by atoms with Gasteiger partial charge < -0.3 is 35.7 Å². The number of aliphatic hydroxyl groups excluding tert-OH is 1. The zero-order chi connectivity index (χ0) is 35.3. The lowest BCUT2D eigenvalue weighted by Crippen LogP contribution is -2.32. The fraction of sp³-hybridized carbons (Fsp3) is 0.297. The van der Waals surface area contributed by atoms with Gasteiger partial charge in [-0.05, 0) is 67.1 Å². The van der Waals surface area contributed by atoms with Gasteiger partial charge >= 0.3 is 6.09 Å². The van der Waals surface area contributed by atoms with Crippen molar-refractivity contribution >= 4 is 46.2 Å². The first-order chi connectivity index (χ1) is 24.3. The molecule has 0 fully saturated rings. The van der Waals surface area contributed by atoms with Gasteiger partial charge in [-0.1, -0.05) is 44.4 Å². The van der Waals surface area contributed by atoms with Gasteiger partial charge in [-0.25, -0.2) is 19.7 Å². The third-order valence-corrected chi connectivity index (χ3v) is 8.11. The number of ether oxygens (including phenoxy) is 1. The first-order valence-corrected chi connectivity index (χ1v) is 16.7. The maximum Gasteiger partial charge on any atom is 0.435 e. The van der Waals surface area contributed by atoms with Crippen molar-refractivity contribution in [3.63, 3.8) is 0 Å². The molecule has 2 aromatic carbocycles. The van der Waals surface area contributed by atoms with Crippen molar-refractivity contribution in [3.8, 4) is 0 Å². The summed E-state index contributed by atoms with van der Waals surface area (Å²) in [6.45, 7) is 3.10. The van der Waals surface area contributed by atoms with Crippen LogP contribution in [0.4, 0.5) is 22.1 Å². The number of unbranched alkanes of at least 4 members (excludes halogenated alkanes) is 3. The monoisotopic (exact) mass is 677 g/mol. The molecule has 1 atom stereocenters. The molecule has 0 radical (unpaired) electrons. The SMILES string of the molecule is CCCCCCOC(=O)N=C(N)c1ccc(NCc2nc3cc(C(O)N(CCC(=O)Nc4ccccn4)c4ccccn4)ccc3n2C)cc1. The number of hydrogen-bond donors (Lipinski definition) is 4. The van der Waals surface area contributed by atoms with Gasteiger partial charge in [0.1, 0.15) is 23.3 Å². The molecule has 3 aromatic heterocycles. The fourth-order valence-electron chi connectivity index (χ4n) is 5.34. The molecule has 0 bridgehead atoms. The average molecular weight is 678 g/mol. The maximum absolute atomic E-state index is 12.7. The number of aliphatic imine (C=N–C) groups is 1. The number of pyridine rings is 2. The van der Waals surface area contributed by atoms with Crippen LogP contribution < -0.4 is 21.3 Å². The van der Waals surface area contributed by atoms with E-state index in [9.17, 15) is 14.7 Å². The van der Waals surface area contributed by atoms with E-state index in [4.69, 9.17) is 15.5 Å². The highest BCUT2D eigenvalue weighted by Gasteiger charge is 2.22. The number of hydrogen-bond acceptors (Lipinski definition) is 9. The van der Waals surface area contributed by atoms with Crippen LogP contribution >= 0.6 is 0 Å². The number of aromatic nitrogens is 4. The molecule has 0 saturated carbocycles. The quantitative estimate of drug-likeness (QED) is 0.0425. The summed E-state index contributed by atoms with van der Waals surface area (Å²) in [7, 11) is 1.94. The highest BCUT2D eigenvalue weighted by atomic mass is 16.5. The smallest absolute Gasteiger partial charge is 0.435 e. The van der Waals surface area contributed by atoms with Crippen molar-refractivity contribution in [1.82, 2.24) is 19.5 Å². The zero-order valence-corrected chi connectivity index (χ0v) is 28.3. The summed E-state index contributed by atoms with van der Waals surface area (Å²) >= 11 is 0. The largest absolute Gasteiger partial charge is 0.448 e. The van der Waals surface area contributed by atoms with Gasteiger partial charge in [0.25, 0.3) is 0 Å². The van der Waals surface area contributed by atoms with E-state index in [1.807, 2.05) is 48.0 Å². The summed E-state index contributed by atoms with van der Waals surface area (Å²) in [4.78, 5) is 43.7. The van der Waals surface area contributed by atoms with Gasteiger partial charge in [-0.3, -0.25) is 4.79 Å². The van der Waals surface area contributed by atoms with E-state index in [1.165, 1.54) is 0 Å². The van der Waals surface area contributed by atoms with E-state index in [0.29, 0.717) is 41.4 Å².